The first-order valence-corrected chi connectivity index (χ1v) is 6.99. The zero-order chi connectivity index (χ0) is 15.2. The number of aryl methyl sites for hydroxylation is 2. The minimum absolute atomic E-state index is 0.0674. The molecule has 0 saturated heterocycles. The van der Waals surface area contributed by atoms with Crippen molar-refractivity contribution in [2.75, 3.05) is 7.11 Å². The Hall–Kier alpha value is -1.91. The second-order valence-electron chi connectivity index (χ2n) is 5.11. The van der Waals surface area contributed by atoms with Crippen molar-refractivity contribution < 1.29 is 9.13 Å². The summed E-state index contributed by atoms with van der Waals surface area (Å²) in [5.41, 5.74) is 5.48. The van der Waals surface area contributed by atoms with Crippen LogP contribution in [0, 0.1) is 12.7 Å². The lowest BCUT2D eigenvalue weighted by molar-refractivity contribution is 0.414. The molecule has 0 aromatic heterocycles. The summed E-state index contributed by atoms with van der Waals surface area (Å²) in [6.07, 6.45) is 1.65. The molecule has 0 spiro atoms. The van der Waals surface area contributed by atoms with Gasteiger partial charge in [-0.25, -0.2) is 4.39 Å². The van der Waals surface area contributed by atoms with Gasteiger partial charge in [0.05, 0.1) is 7.11 Å². The van der Waals surface area contributed by atoms with Crippen LogP contribution in [0.5, 0.6) is 5.75 Å². The topological polar surface area (TPSA) is 47.3 Å². The fraction of sp³-hybridized carbons (Fsp3) is 0.294. The third kappa shape index (κ3) is 4.03. The Morgan fingerprint density at radius 1 is 1.19 bits per heavy atom. The van der Waals surface area contributed by atoms with Gasteiger partial charge in [-0.1, -0.05) is 24.3 Å². The summed E-state index contributed by atoms with van der Waals surface area (Å²) in [4.78, 5) is 0. The summed E-state index contributed by atoms with van der Waals surface area (Å²) in [5.74, 6) is 6.25. The van der Waals surface area contributed by atoms with Gasteiger partial charge >= 0.3 is 0 Å². The normalized spacial score (nSPS) is 12.2. The molecule has 0 saturated carbocycles. The Morgan fingerprint density at radius 3 is 2.48 bits per heavy atom. The molecule has 2 aromatic rings. The van der Waals surface area contributed by atoms with Gasteiger partial charge in [0.25, 0.3) is 0 Å². The van der Waals surface area contributed by atoms with E-state index in [1.807, 2.05) is 30.3 Å². The van der Waals surface area contributed by atoms with Gasteiger partial charge in [-0.3, -0.25) is 11.3 Å². The van der Waals surface area contributed by atoms with Crippen LogP contribution in [0.25, 0.3) is 0 Å². The molecule has 2 aromatic carbocycles. The van der Waals surface area contributed by atoms with Gasteiger partial charge in [0, 0.05) is 6.04 Å². The predicted molar refractivity (Wildman–Crippen MR) is 82.5 cm³/mol. The Balaban J connectivity index is 2.02. The summed E-state index contributed by atoms with van der Waals surface area (Å²) < 4.78 is 18.8. The van der Waals surface area contributed by atoms with Crippen LogP contribution in [0.15, 0.2) is 42.5 Å². The largest absolute Gasteiger partial charge is 0.497 e. The van der Waals surface area contributed by atoms with E-state index >= 15 is 0 Å². The average molecular weight is 288 g/mol. The highest BCUT2D eigenvalue weighted by Gasteiger charge is 2.11. The van der Waals surface area contributed by atoms with E-state index in [0.717, 1.165) is 24.2 Å². The predicted octanol–water partition coefficient (Wildman–Crippen LogP) is 3.28. The molecule has 0 aliphatic carbocycles. The highest BCUT2D eigenvalue weighted by Crippen LogP contribution is 2.21. The van der Waals surface area contributed by atoms with Crippen molar-refractivity contribution in [3.63, 3.8) is 0 Å². The standard InChI is InChI=1S/C17H21FN2O/c1-12-3-7-14(11-16(12)18)17(20-19)10-6-13-4-8-15(21-2)9-5-13/h3-5,7-9,11,17,20H,6,10,19H2,1-2H3. The van der Waals surface area contributed by atoms with Crippen LogP contribution in [-0.4, -0.2) is 7.11 Å². The number of hydrogen-bond acceptors (Lipinski definition) is 3. The van der Waals surface area contributed by atoms with Gasteiger partial charge in [-0.05, 0) is 54.7 Å². The zero-order valence-corrected chi connectivity index (χ0v) is 12.4. The molecule has 0 aliphatic heterocycles. The van der Waals surface area contributed by atoms with Crippen LogP contribution in [-0.2, 0) is 6.42 Å². The number of halogens is 1. The van der Waals surface area contributed by atoms with E-state index in [4.69, 9.17) is 10.6 Å². The van der Waals surface area contributed by atoms with Crippen molar-refractivity contribution in [3.05, 3.63) is 65.0 Å². The van der Waals surface area contributed by atoms with Gasteiger partial charge in [-0.2, -0.15) is 0 Å². The van der Waals surface area contributed by atoms with Crippen molar-refractivity contribution in [3.8, 4) is 5.75 Å². The number of ether oxygens (including phenoxy) is 1. The molecular weight excluding hydrogens is 267 g/mol. The van der Waals surface area contributed by atoms with Gasteiger partial charge in [0.15, 0.2) is 0 Å². The van der Waals surface area contributed by atoms with E-state index in [2.05, 4.69) is 5.43 Å². The molecule has 4 heteroatoms. The van der Waals surface area contributed by atoms with Crippen molar-refractivity contribution in [2.24, 2.45) is 5.84 Å². The van der Waals surface area contributed by atoms with Crippen molar-refractivity contribution in [1.29, 1.82) is 0 Å². The van der Waals surface area contributed by atoms with Gasteiger partial charge < -0.3 is 4.74 Å². The monoisotopic (exact) mass is 288 g/mol. The second kappa shape index (κ2) is 7.20. The molecule has 0 aliphatic rings. The first-order valence-electron chi connectivity index (χ1n) is 6.99. The molecule has 0 radical (unpaired) electrons. The number of methoxy groups -OCH3 is 1. The first kappa shape index (κ1) is 15.5. The molecule has 1 unspecified atom stereocenters. The quantitative estimate of drug-likeness (QED) is 0.633. The van der Waals surface area contributed by atoms with Crippen molar-refractivity contribution >= 4 is 0 Å². The lowest BCUT2D eigenvalue weighted by atomic mass is 9.98. The summed E-state index contributed by atoms with van der Waals surface area (Å²) in [5, 5.41) is 0. The Labute approximate surface area is 124 Å². The maximum Gasteiger partial charge on any atom is 0.126 e. The lowest BCUT2D eigenvalue weighted by Gasteiger charge is -2.17. The maximum atomic E-state index is 13.6. The van der Waals surface area contributed by atoms with Crippen LogP contribution in [0.1, 0.15) is 29.2 Å². The van der Waals surface area contributed by atoms with Crippen LogP contribution in [0.3, 0.4) is 0 Å². The summed E-state index contributed by atoms with van der Waals surface area (Å²) in [7, 11) is 1.65. The number of rotatable bonds is 6. The van der Waals surface area contributed by atoms with Gasteiger partial charge in [-0.15, -0.1) is 0 Å². The van der Waals surface area contributed by atoms with Crippen molar-refractivity contribution in [1.82, 2.24) is 5.43 Å². The second-order valence-corrected chi connectivity index (χ2v) is 5.11. The molecule has 0 bridgehead atoms. The van der Waals surface area contributed by atoms with E-state index in [1.165, 1.54) is 5.56 Å². The molecular formula is C17H21FN2O. The number of hydrazine groups is 1. The van der Waals surface area contributed by atoms with E-state index in [-0.39, 0.29) is 11.9 Å². The lowest BCUT2D eigenvalue weighted by Crippen LogP contribution is -2.28. The number of nitrogens with one attached hydrogen (secondary N) is 1. The molecule has 112 valence electrons. The summed E-state index contributed by atoms with van der Waals surface area (Å²) in [6, 6.07) is 13.1. The van der Waals surface area contributed by atoms with E-state index in [9.17, 15) is 4.39 Å². The fourth-order valence-corrected chi connectivity index (χ4v) is 2.28. The Kier molecular flexibility index (Phi) is 5.31. The van der Waals surface area contributed by atoms with E-state index in [0.29, 0.717) is 5.56 Å². The Bertz CT molecular complexity index is 584. The van der Waals surface area contributed by atoms with Gasteiger partial charge in [0.2, 0.25) is 0 Å². The zero-order valence-electron chi connectivity index (χ0n) is 12.4. The fourth-order valence-electron chi connectivity index (χ4n) is 2.28. The minimum Gasteiger partial charge on any atom is -0.497 e. The first-order chi connectivity index (χ1) is 10.1. The van der Waals surface area contributed by atoms with Crippen molar-refractivity contribution in [2.45, 2.75) is 25.8 Å². The summed E-state index contributed by atoms with van der Waals surface area (Å²) >= 11 is 0. The minimum atomic E-state index is -0.197. The third-order valence-electron chi connectivity index (χ3n) is 3.68. The number of hydrogen-bond donors (Lipinski definition) is 2. The smallest absolute Gasteiger partial charge is 0.126 e. The molecule has 2 rings (SSSR count). The van der Waals surface area contributed by atoms with Crippen LogP contribution >= 0.6 is 0 Å². The molecule has 0 heterocycles. The Morgan fingerprint density at radius 2 is 1.90 bits per heavy atom. The molecule has 0 amide bonds. The molecule has 3 N–H and O–H groups in total. The van der Waals surface area contributed by atoms with Crippen LogP contribution < -0.4 is 16.0 Å². The van der Waals surface area contributed by atoms with Crippen LogP contribution in [0.4, 0.5) is 4.39 Å². The highest BCUT2D eigenvalue weighted by molar-refractivity contribution is 5.28. The molecule has 1 atom stereocenters. The third-order valence-corrected chi connectivity index (χ3v) is 3.68. The number of benzene rings is 2. The molecule has 0 fully saturated rings. The van der Waals surface area contributed by atoms with Gasteiger partial charge in [0.1, 0.15) is 11.6 Å². The summed E-state index contributed by atoms with van der Waals surface area (Å²) in [6.45, 7) is 1.75. The average Bonchev–Trinajstić information content (AvgIpc) is 2.52. The highest BCUT2D eigenvalue weighted by atomic mass is 19.1. The molecule has 3 nitrogen and oxygen atoms in total. The molecule has 21 heavy (non-hydrogen) atoms. The van der Waals surface area contributed by atoms with E-state index in [1.54, 1.807) is 26.2 Å². The maximum absolute atomic E-state index is 13.6. The SMILES string of the molecule is COc1ccc(CCC(NN)c2ccc(C)c(F)c2)cc1. The van der Waals surface area contributed by atoms with Crippen LogP contribution in [0.2, 0.25) is 0 Å². The number of nitrogens with two attached hydrogens (primary N) is 1. The van der Waals surface area contributed by atoms with E-state index < -0.39 is 0 Å².